The van der Waals surface area contributed by atoms with E-state index in [4.69, 9.17) is 51.5 Å². The minimum absolute atomic E-state index is 0.0351. The Morgan fingerprint density at radius 3 is 2.05 bits per heavy atom. The molecule has 0 aromatic heterocycles. The molecule has 0 spiro atoms. The first-order chi connectivity index (χ1) is 8.90. The number of benzene rings is 2. The van der Waals surface area contributed by atoms with E-state index in [9.17, 15) is 4.79 Å². The Hall–Kier alpha value is -0.930. The third kappa shape index (κ3) is 2.98. The maximum atomic E-state index is 11.1. The average molecular weight is 336 g/mol. The van der Waals surface area contributed by atoms with Gasteiger partial charge in [-0.05, 0) is 24.3 Å². The van der Waals surface area contributed by atoms with Crippen molar-refractivity contribution in [2.75, 3.05) is 0 Å². The molecule has 0 amide bonds. The largest absolute Gasteiger partial charge is 0.478 e. The van der Waals surface area contributed by atoms with Crippen LogP contribution < -0.4 is 0 Å². The summed E-state index contributed by atoms with van der Waals surface area (Å²) < 4.78 is 0. The fourth-order valence-electron chi connectivity index (χ4n) is 1.63. The summed E-state index contributed by atoms with van der Waals surface area (Å²) in [5.41, 5.74) is 1.05. The molecule has 0 saturated carbocycles. The number of halogens is 4. The van der Waals surface area contributed by atoms with Crippen LogP contribution in [-0.4, -0.2) is 11.1 Å². The van der Waals surface area contributed by atoms with Crippen molar-refractivity contribution in [1.82, 2.24) is 0 Å². The summed E-state index contributed by atoms with van der Waals surface area (Å²) in [6.07, 6.45) is 0. The Bertz CT molecular complexity index is 668. The number of carboxylic acids is 1. The van der Waals surface area contributed by atoms with Gasteiger partial charge < -0.3 is 5.11 Å². The molecule has 98 valence electrons. The van der Waals surface area contributed by atoms with Crippen LogP contribution in [-0.2, 0) is 0 Å². The highest BCUT2D eigenvalue weighted by Crippen LogP contribution is 2.37. The first-order valence-electron chi connectivity index (χ1n) is 5.08. The molecular weight excluding hydrogens is 330 g/mol. The number of carboxylic acid groups (broad SMARTS) is 1. The van der Waals surface area contributed by atoms with Crippen LogP contribution in [0.2, 0.25) is 20.1 Å². The summed E-state index contributed by atoms with van der Waals surface area (Å²) in [6, 6.07) is 7.65. The van der Waals surface area contributed by atoms with Gasteiger partial charge in [0.2, 0.25) is 0 Å². The molecule has 0 aliphatic rings. The molecule has 6 heteroatoms. The topological polar surface area (TPSA) is 37.3 Å². The van der Waals surface area contributed by atoms with Gasteiger partial charge in [-0.1, -0.05) is 52.5 Å². The normalized spacial score (nSPS) is 10.5. The molecule has 0 unspecified atom stereocenters. The Morgan fingerprint density at radius 1 is 0.842 bits per heavy atom. The summed E-state index contributed by atoms with van der Waals surface area (Å²) in [5, 5.41) is 10.3. The fourth-order valence-corrected chi connectivity index (χ4v) is 2.70. The maximum absolute atomic E-state index is 11.1. The van der Waals surface area contributed by atoms with Gasteiger partial charge in [0.15, 0.2) is 0 Å². The van der Waals surface area contributed by atoms with E-state index < -0.39 is 5.97 Å². The van der Waals surface area contributed by atoms with Crippen LogP contribution in [0.5, 0.6) is 0 Å². The lowest BCUT2D eigenvalue weighted by molar-refractivity contribution is 0.0697. The highest BCUT2D eigenvalue weighted by atomic mass is 35.5. The molecule has 0 aliphatic heterocycles. The van der Waals surface area contributed by atoms with Gasteiger partial charge in [-0.2, -0.15) is 0 Å². The van der Waals surface area contributed by atoms with Gasteiger partial charge in [0.1, 0.15) is 0 Å². The van der Waals surface area contributed by atoms with E-state index in [-0.39, 0.29) is 10.6 Å². The molecule has 0 bridgehead atoms. The zero-order valence-corrected chi connectivity index (χ0v) is 12.3. The second-order valence-electron chi connectivity index (χ2n) is 3.74. The lowest BCUT2D eigenvalue weighted by Gasteiger charge is -2.10. The Labute approximate surface area is 129 Å². The van der Waals surface area contributed by atoms with Crippen LogP contribution in [0.4, 0.5) is 0 Å². The van der Waals surface area contributed by atoms with E-state index in [0.717, 1.165) is 0 Å². The molecular formula is C13H6Cl4O2. The fraction of sp³-hybridized carbons (Fsp3) is 0. The minimum atomic E-state index is -1.13. The lowest BCUT2D eigenvalue weighted by Crippen LogP contribution is -1.98. The van der Waals surface area contributed by atoms with Crippen molar-refractivity contribution in [3.8, 4) is 11.1 Å². The summed E-state index contributed by atoms with van der Waals surface area (Å²) in [7, 11) is 0. The molecule has 0 fully saturated rings. The Morgan fingerprint density at radius 2 is 1.47 bits per heavy atom. The Kier molecular flexibility index (Phi) is 4.26. The van der Waals surface area contributed by atoms with Crippen molar-refractivity contribution in [2.24, 2.45) is 0 Å². The van der Waals surface area contributed by atoms with E-state index in [2.05, 4.69) is 0 Å². The lowest BCUT2D eigenvalue weighted by atomic mass is 10.0. The predicted molar refractivity (Wildman–Crippen MR) is 78.9 cm³/mol. The smallest absolute Gasteiger partial charge is 0.337 e. The summed E-state index contributed by atoms with van der Waals surface area (Å²) in [5.74, 6) is -1.13. The molecule has 19 heavy (non-hydrogen) atoms. The third-order valence-corrected chi connectivity index (χ3v) is 3.68. The zero-order valence-electron chi connectivity index (χ0n) is 9.25. The van der Waals surface area contributed by atoms with Crippen molar-refractivity contribution >= 4 is 52.4 Å². The maximum Gasteiger partial charge on any atom is 0.337 e. The number of aromatic carboxylic acids is 1. The number of hydrogen-bond donors (Lipinski definition) is 1. The van der Waals surface area contributed by atoms with Crippen molar-refractivity contribution < 1.29 is 9.90 Å². The zero-order chi connectivity index (χ0) is 14.2. The molecule has 2 aromatic carbocycles. The van der Waals surface area contributed by atoms with Crippen LogP contribution in [0.3, 0.4) is 0 Å². The molecule has 1 N–H and O–H groups in total. The van der Waals surface area contributed by atoms with Gasteiger partial charge in [-0.15, -0.1) is 0 Å². The van der Waals surface area contributed by atoms with Crippen LogP contribution in [0, 0.1) is 0 Å². The average Bonchev–Trinajstić information content (AvgIpc) is 2.30. The van der Waals surface area contributed by atoms with Crippen LogP contribution in [0.1, 0.15) is 10.4 Å². The number of hydrogen-bond acceptors (Lipinski definition) is 1. The second-order valence-corrected chi connectivity index (χ2v) is 5.40. The molecule has 0 atom stereocenters. The summed E-state index contributed by atoms with van der Waals surface area (Å²) in [4.78, 5) is 11.1. The molecule has 0 radical (unpaired) electrons. The summed E-state index contributed by atoms with van der Waals surface area (Å²) in [6.45, 7) is 0. The van der Waals surface area contributed by atoms with Crippen molar-refractivity contribution in [3.05, 3.63) is 56.0 Å². The highest BCUT2D eigenvalue weighted by molar-refractivity contribution is 6.40. The first kappa shape index (κ1) is 14.5. The van der Waals surface area contributed by atoms with E-state index in [1.54, 1.807) is 18.2 Å². The first-order valence-corrected chi connectivity index (χ1v) is 6.59. The monoisotopic (exact) mass is 334 g/mol. The molecule has 2 aromatic rings. The molecule has 2 nitrogen and oxygen atoms in total. The van der Waals surface area contributed by atoms with Crippen LogP contribution >= 0.6 is 46.4 Å². The van der Waals surface area contributed by atoms with Gasteiger partial charge in [0.05, 0.1) is 10.6 Å². The van der Waals surface area contributed by atoms with Gasteiger partial charge in [-0.25, -0.2) is 4.79 Å². The third-order valence-electron chi connectivity index (χ3n) is 2.51. The standard InChI is InChI=1S/C13H6Cl4O2/c14-6-1-2-7(10(15)3-6)8-4-9(13(18)19)12(17)5-11(8)16/h1-5H,(H,18,19). The van der Waals surface area contributed by atoms with Gasteiger partial charge in [0, 0.05) is 26.2 Å². The van der Waals surface area contributed by atoms with E-state index in [1.807, 2.05) is 0 Å². The number of rotatable bonds is 2. The van der Waals surface area contributed by atoms with Gasteiger partial charge in [0.25, 0.3) is 0 Å². The molecule has 0 heterocycles. The quantitative estimate of drug-likeness (QED) is 0.768. The van der Waals surface area contributed by atoms with Crippen LogP contribution in [0.25, 0.3) is 11.1 Å². The second kappa shape index (κ2) is 5.59. The van der Waals surface area contributed by atoms with E-state index in [1.165, 1.54) is 12.1 Å². The highest BCUT2D eigenvalue weighted by Gasteiger charge is 2.15. The molecule has 2 rings (SSSR count). The number of carbonyl (C=O) groups is 1. The van der Waals surface area contributed by atoms with Crippen molar-refractivity contribution in [1.29, 1.82) is 0 Å². The Balaban J connectivity index is 2.68. The van der Waals surface area contributed by atoms with Crippen molar-refractivity contribution in [2.45, 2.75) is 0 Å². The SMILES string of the molecule is O=C(O)c1cc(-c2ccc(Cl)cc2Cl)c(Cl)cc1Cl. The van der Waals surface area contributed by atoms with Crippen LogP contribution in [0.15, 0.2) is 30.3 Å². The minimum Gasteiger partial charge on any atom is -0.478 e. The van der Waals surface area contributed by atoms with Gasteiger partial charge >= 0.3 is 5.97 Å². The van der Waals surface area contributed by atoms with Crippen molar-refractivity contribution in [3.63, 3.8) is 0 Å². The van der Waals surface area contributed by atoms with Gasteiger partial charge in [-0.3, -0.25) is 0 Å². The van der Waals surface area contributed by atoms with E-state index in [0.29, 0.717) is 26.2 Å². The molecule has 0 aliphatic carbocycles. The predicted octanol–water partition coefficient (Wildman–Crippen LogP) is 5.67. The summed E-state index contributed by atoms with van der Waals surface area (Å²) >= 11 is 23.8. The molecule has 0 saturated heterocycles. The van der Waals surface area contributed by atoms with E-state index >= 15 is 0 Å².